The zero-order valence-corrected chi connectivity index (χ0v) is 14.2. The fraction of sp³-hybridized carbons (Fsp3) is 0.611. The van der Waals surface area contributed by atoms with Gasteiger partial charge in [-0.25, -0.2) is 4.79 Å². The molecule has 128 valence electrons. The van der Waals surface area contributed by atoms with Crippen molar-refractivity contribution in [2.45, 2.75) is 45.6 Å². The molecule has 2 unspecified atom stereocenters. The molecule has 2 atom stereocenters. The van der Waals surface area contributed by atoms with E-state index in [2.05, 4.69) is 21.6 Å². The molecule has 0 aliphatic carbocycles. The monoisotopic (exact) mass is 319 g/mol. The third kappa shape index (κ3) is 6.10. The molecule has 1 aromatic rings. The predicted molar refractivity (Wildman–Crippen MR) is 95.0 cm³/mol. The second kappa shape index (κ2) is 8.77. The standard InChI is InChI=1S/C18H29N3O2/c1-14(11-15(2)22)13-19-18(23)20-16-7-6-8-17(12-16)21-9-4-3-5-10-21/h6-8,12,14-15,22H,3-5,9-11,13H2,1-2H3,(H2,19,20,23). The molecule has 0 spiro atoms. The lowest BCUT2D eigenvalue weighted by Gasteiger charge is -2.29. The summed E-state index contributed by atoms with van der Waals surface area (Å²) in [6, 6.07) is 7.82. The van der Waals surface area contributed by atoms with Crippen LogP contribution in [0.25, 0.3) is 0 Å². The van der Waals surface area contributed by atoms with Gasteiger partial charge in [-0.2, -0.15) is 0 Å². The lowest BCUT2D eigenvalue weighted by molar-refractivity contribution is 0.163. The zero-order chi connectivity index (χ0) is 16.7. The van der Waals surface area contributed by atoms with E-state index in [1.807, 2.05) is 25.1 Å². The van der Waals surface area contributed by atoms with Crippen LogP contribution >= 0.6 is 0 Å². The first kappa shape index (κ1) is 17.6. The smallest absolute Gasteiger partial charge is 0.319 e. The van der Waals surface area contributed by atoms with Crippen LogP contribution < -0.4 is 15.5 Å². The molecular weight excluding hydrogens is 290 g/mol. The number of nitrogens with one attached hydrogen (secondary N) is 2. The second-order valence-corrected chi connectivity index (χ2v) is 6.62. The molecule has 1 aliphatic heterocycles. The van der Waals surface area contributed by atoms with E-state index in [-0.39, 0.29) is 18.1 Å². The molecule has 3 N–H and O–H groups in total. The summed E-state index contributed by atoms with van der Waals surface area (Å²) in [6.45, 7) is 6.52. The van der Waals surface area contributed by atoms with Crippen molar-refractivity contribution in [1.82, 2.24) is 5.32 Å². The Balaban J connectivity index is 1.83. The van der Waals surface area contributed by atoms with Crippen molar-refractivity contribution in [3.63, 3.8) is 0 Å². The number of hydrogen-bond donors (Lipinski definition) is 3. The van der Waals surface area contributed by atoms with Crippen LogP contribution in [0, 0.1) is 5.92 Å². The first-order valence-corrected chi connectivity index (χ1v) is 8.62. The third-order valence-corrected chi connectivity index (χ3v) is 4.18. The normalized spacial score (nSPS) is 17.4. The van der Waals surface area contributed by atoms with E-state index in [0.717, 1.165) is 18.8 Å². The molecule has 2 rings (SSSR count). The van der Waals surface area contributed by atoms with E-state index in [1.165, 1.54) is 24.9 Å². The summed E-state index contributed by atoms with van der Waals surface area (Å²) in [6.07, 6.45) is 4.13. The number of piperidine rings is 1. The van der Waals surface area contributed by atoms with Gasteiger partial charge in [0.2, 0.25) is 0 Å². The number of rotatable bonds is 6. The maximum atomic E-state index is 12.0. The van der Waals surface area contributed by atoms with Gasteiger partial charge in [0.05, 0.1) is 6.10 Å². The molecule has 0 saturated carbocycles. The van der Waals surface area contributed by atoms with Crippen molar-refractivity contribution in [2.75, 3.05) is 29.9 Å². The Labute approximate surface area is 139 Å². The molecule has 0 aromatic heterocycles. The van der Waals surface area contributed by atoms with Crippen LogP contribution in [-0.4, -0.2) is 36.9 Å². The lowest BCUT2D eigenvalue weighted by atomic mass is 10.1. The Morgan fingerprint density at radius 3 is 2.70 bits per heavy atom. The van der Waals surface area contributed by atoms with Crippen LogP contribution in [0.4, 0.5) is 16.2 Å². The molecule has 1 aromatic carbocycles. The van der Waals surface area contributed by atoms with Crippen LogP contribution in [0.2, 0.25) is 0 Å². The van der Waals surface area contributed by atoms with Crippen molar-refractivity contribution < 1.29 is 9.90 Å². The van der Waals surface area contributed by atoms with E-state index in [4.69, 9.17) is 0 Å². The molecule has 1 heterocycles. The fourth-order valence-corrected chi connectivity index (χ4v) is 3.04. The molecule has 1 aliphatic rings. The minimum Gasteiger partial charge on any atom is -0.393 e. The maximum Gasteiger partial charge on any atom is 0.319 e. The van der Waals surface area contributed by atoms with Crippen molar-refractivity contribution in [1.29, 1.82) is 0 Å². The number of aliphatic hydroxyl groups is 1. The molecule has 2 amide bonds. The van der Waals surface area contributed by atoms with Gasteiger partial charge in [0.1, 0.15) is 0 Å². The van der Waals surface area contributed by atoms with E-state index >= 15 is 0 Å². The third-order valence-electron chi connectivity index (χ3n) is 4.18. The van der Waals surface area contributed by atoms with Gasteiger partial charge in [0.25, 0.3) is 0 Å². The highest BCUT2D eigenvalue weighted by atomic mass is 16.3. The van der Waals surface area contributed by atoms with E-state index in [9.17, 15) is 9.90 Å². The lowest BCUT2D eigenvalue weighted by Crippen LogP contribution is -2.33. The molecule has 0 radical (unpaired) electrons. The average Bonchev–Trinajstić information content (AvgIpc) is 2.53. The van der Waals surface area contributed by atoms with Gasteiger partial charge in [0, 0.05) is 31.0 Å². The number of aliphatic hydroxyl groups excluding tert-OH is 1. The number of amides is 2. The molecule has 23 heavy (non-hydrogen) atoms. The Bertz CT molecular complexity index is 499. The van der Waals surface area contributed by atoms with Crippen LogP contribution in [0.1, 0.15) is 39.5 Å². The largest absolute Gasteiger partial charge is 0.393 e. The minimum atomic E-state index is -0.337. The van der Waals surface area contributed by atoms with E-state index in [1.54, 1.807) is 6.92 Å². The number of hydrogen-bond acceptors (Lipinski definition) is 3. The average molecular weight is 319 g/mol. The van der Waals surface area contributed by atoms with E-state index in [0.29, 0.717) is 13.0 Å². The SMILES string of the molecule is CC(O)CC(C)CNC(=O)Nc1cccc(N2CCCCC2)c1. The molecule has 1 saturated heterocycles. The van der Waals surface area contributed by atoms with Gasteiger partial charge in [-0.15, -0.1) is 0 Å². The van der Waals surface area contributed by atoms with E-state index < -0.39 is 0 Å². The van der Waals surface area contributed by atoms with Gasteiger partial charge >= 0.3 is 6.03 Å². The quantitative estimate of drug-likeness (QED) is 0.754. The highest BCUT2D eigenvalue weighted by molar-refractivity contribution is 5.89. The summed E-state index contributed by atoms with van der Waals surface area (Å²) < 4.78 is 0. The highest BCUT2D eigenvalue weighted by Crippen LogP contribution is 2.22. The highest BCUT2D eigenvalue weighted by Gasteiger charge is 2.12. The number of carbonyl (C=O) groups excluding carboxylic acids is 1. The van der Waals surface area contributed by atoms with Gasteiger partial charge in [-0.1, -0.05) is 13.0 Å². The number of nitrogens with zero attached hydrogens (tertiary/aromatic N) is 1. The van der Waals surface area contributed by atoms with Crippen LogP contribution in [0.3, 0.4) is 0 Å². The second-order valence-electron chi connectivity index (χ2n) is 6.62. The number of urea groups is 1. The molecule has 0 bridgehead atoms. The Morgan fingerprint density at radius 1 is 1.26 bits per heavy atom. The fourth-order valence-electron chi connectivity index (χ4n) is 3.04. The number of anilines is 2. The van der Waals surface area contributed by atoms with Crippen molar-refractivity contribution in [2.24, 2.45) is 5.92 Å². The first-order valence-electron chi connectivity index (χ1n) is 8.62. The zero-order valence-electron chi connectivity index (χ0n) is 14.2. The summed E-state index contributed by atoms with van der Waals surface area (Å²) in [7, 11) is 0. The van der Waals surface area contributed by atoms with Crippen molar-refractivity contribution >= 4 is 17.4 Å². The van der Waals surface area contributed by atoms with Gasteiger partial charge in [-0.05, 0) is 56.7 Å². The van der Waals surface area contributed by atoms with Crippen LogP contribution in [0.15, 0.2) is 24.3 Å². The van der Waals surface area contributed by atoms with Gasteiger partial charge < -0.3 is 20.6 Å². The minimum absolute atomic E-state index is 0.196. The Morgan fingerprint density at radius 2 is 2.00 bits per heavy atom. The van der Waals surface area contributed by atoms with Gasteiger partial charge in [0.15, 0.2) is 0 Å². The van der Waals surface area contributed by atoms with Crippen LogP contribution in [-0.2, 0) is 0 Å². The van der Waals surface area contributed by atoms with Crippen LogP contribution in [0.5, 0.6) is 0 Å². The molecule has 1 fully saturated rings. The summed E-state index contributed by atoms with van der Waals surface area (Å²) >= 11 is 0. The summed E-state index contributed by atoms with van der Waals surface area (Å²) in [5.41, 5.74) is 1.98. The summed E-state index contributed by atoms with van der Waals surface area (Å²) in [4.78, 5) is 14.4. The molecule has 5 nitrogen and oxygen atoms in total. The van der Waals surface area contributed by atoms with Gasteiger partial charge in [-0.3, -0.25) is 0 Å². The summed E-state index contributed by atoms with van der Waals surface area (Å²) in [5.74, 6) is 0.250. The summed E-state index contributed by atoms with van der Waals surface area (Å²) in [5, 5.41) is 15.1. The Kier molecular flexibility index (Phi) is 6.71. The van der Waals surface area contributed by atoms with Crippen molar-refractivity contribution in [3.05, 3.63) is 24.3 Å². The molecule has 5 heteroatoms. The maximum absolute atomic E-state index is 12.0. The topological polar surface area (TPSA) is 64.6 Å². The molecular formula is C18H29N3O2. The Hall–Kier alpha value is -1.75. The number of benzene rings is 1. The predicted octanol–water partition coefficient (Wildman–Crippen LogP) is 3.21. The first-order chi connectivity index (χ1) is 11.0. The van der Waals surface area contributed by atoms with Crippen molar-refractivity contribution in [3.8, 4) is 0 Å². The number of carbonyl (C=O) groups is 1.